The summed E-state index contributed by atoms with van der Waals surface area (Å²) in [5.74, 6) is -2.75. The molecule has 1 atom stereocenters. The predicted octanol–water partition coefficient (Wildman–Crippen LogP) is 4.40. The van der Waals surface area contributed by atoms with Crippen LogP contribution in [0.3, 0.4) is 0 Å². The Labute approximate surface area is 186 Å². The number of sulfone groups is 1. The van der Waals surface area contributed by atoms with Crippen molar-refractivity contribution >= 4 is 44.8 Å². The van der Waals surface area contributed by atoms with Crippen LogP contribution in [0.25, 0.3) is 0 Å². The molecule has 3 aromatic rings. The Bertz CT molecular complexity index is 1230. The number of carbonyl (C=O) groups excluding carboxylic acids is 1. The summed E-state index contributed by atoms with van der Waals surface area (Å²) in [7, 11) is -3.40. The highest BCUT2D eigenvalue weighted by molar-refractivity contribution is 7.92. The first-order valence-electron chi connectivity index (χ1n) is 9.15. The highest BCUT2D eigenvalue weighted by Crippen LogP contribution is 2.34. The third-order valence-corrected chi connectivity index (χ3v) is 8.01. The van der Waals surface area contributed by atoms with Gasteiger partial charge in [0.25, 0.3) is 5.91 Å². The second-order valence-electron chi connectivity index (χ2n) is 6.89. The highest BCUT2D eigenvalue weighted by Gasteiger charge is 2.37. The number of thiazole rings is 1. The SMILES string of the molecule is O=C(Nc1nc(S)cs1)C(Oc1ccc(F)cc1F)c1ccc(S(=O)(=O)C2CC2)cc1. The molecule has 0 saturated heterocycles. The molecule has 0 spiro atoms. The van der Waals surface area contributed by atoms with Crippen LogP contribution in [0.5, 0.6) is 5.75 Å². The van der Waals surface area contributed by atoms with Gasteiger partial charge in [0.1, 0.15) is 10.8 Å². The number of rotatable bonds is 7. The predicted molar refractivity (Wildman–Crippen MR) is 114 cm³/mol. The van der Waals surface area contributed by atoms with Gasteiger partial charge in [0, 0.05) is 17.0 Å². The Balaban J connectivity index is 1.64. The van der Waals surface area contributed by atoms with Crippen molar-refractivity contribution in [3.8, 4) is 5.75 Å². The molecule has 6 nitrogen and oxygen atoms in total. The lowest BCUT2D eigenvalue weighted by Gasteiger charge is -2.19. The third-order valence-electron chi connectivity index (χ3n) is 4.57. The van der Waals surface area contributed by atoms with Crippen LogP contribution in [0.1, 0.15) is 24.5 Å². The lowest BCUT2D eigenvalue weighted by atomic mass is 10.1. The first-order chi connectivity index (χ1) is 14.7. The molecule has 31 heavy (non-hydrogen) atoms. The van der Waals surface area contributed by atoms with Crippen LogP contribution in [0.4, 0.5) is 13.9 Å². The van der Waals surface area contributed by atoms with Gasteiger partial charge in [-0.2, -0.15) is 0 Å². The largest absolute Gasteiger partial charge is 0.473 e. The zero-order valence-electron chi connectivity index (χ0n) is 15.8. The van der Waals surface area contributed by atoms with Crippen LogP contribution >= 0.6 is 24.0 Å². The first kappa shape index (κ1) is 21.7. The van der Waals surface area contributed by atoms with Gasteiger partial charge in [-0.05, 0) is 37.1 Å². The van der Waals surface area contributed by atoms with Crippen LogP contribution in [0.2, 0.25) is 0 Å². The van der Waals surface area contributed by atoms with Crippen molar-refractivity contribution in [1.82, 2.24) is 4.98 Å². The molecule has 162 valence electrons. The number of anilines is 1. The second kappa shape index (κ2) is 8.56. The van der Waals surface area contributed by atoms with Crippen LogP contribution in [-0.4, -0.2) is 24.6 Å². The molecule has 1 heterocycles. The van der Waals surface area contributed by atoms with Crippen molar-refractivity contribution in [2.75, 3.05) is 5.32 Å². The van der Waals surface area contributed by atoms with E-state index in [0.717, 1.165) is 23.5 Å². The molecule has 0 bridgehead atoms. The minimum absolute atomic E-state index is 0.144. The van der Waals surface area contributed by atoms with Gasteiger partial charge >= 0.3 is 0 Å². The number of halogens is 2. The van der Waals surface area contributed by atoms with E-state index in [0.29, 0.717) is 29.5 Å². The highest BCUT2D eigenvalue weighted by atomic mass is 32.2. The number of thiol groups is 1. The molecule has 1 N–H and O–H groups in total. The Morgan fingerprint density at radius 3 is 2.48 bits per heavy atom. The summed E-state index contributed by atoms with van der Waals surface area (Å²) in [6.45, 7) is 0. The number of carbonyl (C=O) groups is 1. The average molecular weight is 483 g/mol. The molecular weight excluding hydrogens is 466 g/mol. The molecule has 2 aromatic carbocycles. The van der Waals surface area contributed by atoms with Crippen molar-refractivity contribution in [3.05, 3.63) is 65.0 Å². The van der Waals surface area contributed by atoms with Gasteiger partial charge in [0.15, 0.2) is 26.5 Å². The van der Waals surface area contributed by atoms with E-state index in [1.54, 1.807) is 5.38 Å². The van der Waals surface area contributed by atoms with Crippen LogP contribution in [0, 0.1) is 11.6 Å². The molecule has 1 aliphatic carbocycles. The van der Waals surface area contributed by atoms with Crippen molar-refractivity contribution in [2.45, 2.75) is 34.1 Å². The van der Waals surface area contributed by atoms with E-state index in [2.05, 4.69) is 22.9 Å². The van der Waals surface area contributed by atoms with Crippen LogP contribution in [-0.2, 0) is 14.6 Å². The standard InChI is InChI=1S/C20H16F2N2O4S3/c21-12-3-8-16(15(22)9-12)28-18(19(25)24-20-23-17(29)10-30-20)11-1-4-13(5-2-11)31(26,27)14-6-7-14/h1-5,8-10,14,18,29H,6-7H2,(H,23,24,25). The number of hydrogen-bond acceptors (Lipinski definition) is 7. The van der Waals surface area contributed by atoms with Gasteiger partial charge in [-0.3, -0.25) is 10.1 Å². The Kier molecular flexibility index (Phi) is 6.00. The molecule has 4 rings (SSSR count). The second-order valence-corrected chi connectivity index (χ2v) is 10.4. The van der Waals surface area contributed by atoms with Gasteiger partial charge in [-0.15, -0.1) is 24.0 Å². The fourth-order valence-electron chi connectivity index (χ4n) is 2.87. The molecule has 0 aliphatic heterocycles. The molecule has 1 saturated carbocycles. The topological polar surface area (TPSA) is 85.4 Å². The van der Waals surface area contributed by atoms with E-state index in [1.165, 1.54) is 24.3 Å². The minimum Gasteiger partial charge on any atom is -0.473 e. The lowest BCUT2D eigenvalue weighted by Crippen LogP contribution is -2.26. The lowest BCUT2D eigenvalue weighted by molar-refractivity contribution is -0.123. The zero-order valence-corrected chi connectivity index (χ0v) is 18.3. The normalized spacial score (nSPS) is 14.8. The van der Waals surface area contributed by atoms with E-state index >= 15 is 0 Å². The minimum atomic E-state index is -3.40. The number of ether oxygens (including phenoxy) is 1. The quantitative estimate of drug-likeness (QED) is 0.488. The van der Waals surface area contributed by atoms with Gasteiger partial charge in [-0.1, -0.05) is 12.1 Å². The number of aromatic nitrogens is 1. The summed E-state index contributed by atoms with van der Waals surface area (Å²) in [5, 5.41) is 4.48. The zero-order chi connectivity index (χ0) is 22.2. The van der Waals surface area contributed by atoms with Crippen LogP contribution < -0.4 is 10.1 Å². The molecule has 1 aromatic heterocycles. The van der Waals surface area contributed by atoms with E-state index in [4.69, 9.17) is 4.74 Å². The summed E-state index contributed by atoms with van der Waals surface area (Å²) >= 11 is 5.23. The average Bonchev–Trinajstić information content (AvgIpc) is 3.51. The maximum absolute atomic E-state index is 14.1. The van der Waals surface area contributed by atoms with Crippen LogP contribution in [0.15, 0.2) is 57.8 Å². The molecule has 0 radical (unpaired) electrons. The molecule has 1 amide bonds. The Morgan fingerprint density at radius 1 is 1.19 bits per heavy atom. The first-order valence-corrected chi connectivity index (χ1v) is 12.0. The number of benzene rings is 2. The number of hydrogen-bond donors (Lipinski definition) is 2. The molecule has 1 aliphatic rings. The summed E-state index contributed by atoms with van der Waals surface area (Å²) in [6, 6.07) is 8.38. The number of nitrogens with one attached hydrogen (secondary N) is 1. The molecular formula is C20H16F2N2O4S3. The number of nitrogens with zero attached hydrogens (tertiary/aromatic N) is 1. The maximum atomic E-state index is 14.1. The van der Waals surface area contributed by atoms with E-state index in [9.17, 15) is 22.0 Å². The van der Waals surface area contributed by atoms with Crippen molar-refractivity contribution in [1.29, 1.82) is 0 Å². The van der Waals surface area contributed by atoms with E-state index < -0.39 is 33.5 Å². The van der Waals surface area contributed by atoms with E-state index in [1.807, 2.05) is 0 Å². The monoisotopic (exact) mass is 482 g/mol. The molecule has 1 unspecified atom stereocenters. The van der Waals surface area contributed by atoms with Gasteiger partial charge in [0.05, 0.1) is 10.1 Å². The van der Waals surface area contributed by atoms with Crippen molar-refractivity contribution < 1.29 is 26.7 Å². The summed E-state index contributed by atoms with van der Waals surface area (Å²) in [6.07, 6.45) is -0.0867. The van der Waals surface area contributed by atoms with Gasteiger partial charge < -0.3 is 4.74 Å². The Hall–Kier alpha value is -2.50. The van der Waals surface area contributed by atoms with Crippen molar-refractivity contribution in [3.63, 3.8) is 0 Å². The van der Waals surface area contributed by atoms with E-state index in [-0.39, 0.29) is 21.0 Å². The summed E-state index contributed by atoms with van der Waals surface area (Å²) in [5.41, 5.74) is 0.290. The maximum Gasteiger partial charge on any atom is 0.271 e. The fraction of sp³-hybridized carbons (Fsp3) is 0.200. The smallest absolute Gasteiger partial charge is 0.271 e. The summed E-state index contributed by atoms with van der Waals surface area (Å²) < 4.78 is 57.8. The molecule has 1 fully saturated rings. The van der Waals surface area contributed by atoms with Crippen molar-refractivity contribution in [2.24, 2.45) is 0 Å². The fourth-order valence-corrected chi connectivity index (χ4v) is 5.43. The Morgan fingerprint density at radius 2 is 1.90 bits per heavy atom. The molecule has 11 heteroatoms. The van der Waals surface area contributed by atoms with Gasteiger partial charge in [0.2, 0.25) is 6.10 Å². The third kappa shape index (κ3) is 4.89. The number of amides is 1. The van der Waals surface area contributed by atoms with Gasteiger partial charge in [-0.25, -0.2) is 22.2 Å². The summed E-state index contributed by atoms with van der Waals surface area (Å²) in [4.78, 5) is 17.1.